The molecule has 10 nitrogen and oxygen atoms in total. The van der Waals surface area contributed by atoms with Gasteiger partial charge in [0.1, 0.15) is 34.3 Å². The van der Waals surface area contributed by atoms with E-state index in [0.717, 1.165) is 18.7 Å². The van der Waals surface area contributed by atoms with Gasteiger partial charge in [-0.1, -0.05) is 29.8 Å². The van der Waals surface area contributed by atoms with E-state index in [4.69, 9.17) is 26.6 Å². The number of aromatic hydroxyl groups is 1. The molecule has 43 heavy (non-hydrogen) atoms. The first-order valence-corrected chi connectivity index (χ1v) is 14.3. The molecule has 1 amide bonds. The average molecular weight is 599 g/mol. The molecule has 2 N–H and O–H groups in total. The molecule has 218 valence electrons. The Kier molecular flexibility index (Phi) is 6.51. The number of hydrogen-bond acceptors (Lipinski definition) is 8. The molecule has 5 aromatic rings. The molecular weight excluding hydrogens is 571 g/mol. The number of piperazine rings is 1. The normalized spacial score (nSPS) is 18.7. The van der Waals surface area contributed by atoms with Crippen molar-refractivity contribution in [3.8, 4) is 17.3 Å². The maximum atomic E-state index is 13.7. The van der Waals surface area contributed by atoms with Crippen molar-refractivity contribution < 1.29 is 14.3 Å². The summed E-state index contributed by atoms with van der Waals surface area (Å²) in [6.07, 6.45) is 5.77. The number of benzene rings is 2. The van der Waals surface area contributed by atoms with Crippen LogP contribution in [0.3, 0.4) is 0 Å². The number of phenolic OH excluding ortho intramolecular Hbond substituents is 1. The minimum Gasteiger partial charge on any atom is -0.506 e. The van der Waals surface area contributed by atoms with Gasteiger partial charge < -0.3 is 24.6 Å². The van der Waals surface area contributed by atoms with E-state index in [1.807, 2.05) is 23.7 Å². The number of fused-ring (bicyclic) bond motifs is 2. The fourth-order valence-electron chi connectivity index (χ4n) is 5.83. The minimum absolute atomic E-state index is 0.105. The first-order chi connectivity index (χ1) is 20.7. The second-order valence-electron chi connectivity index (χ2n) is 11.2. The van der Waals surface area contributed by atoms with Gasteiger partial charge >= 0.3 is 0 Å². The Morgan fingerprint density at radius 3 is 2.58 bits per heavy atom. The highest BCUT2D eigenvalue weighted by Crippen LogP contribution is 2.48. The van der Waals surface area contributed by atoms with Crippen LogP contribution in [0, 0.1) is 5.82 Å². The molecule has 1 atom stereocenters. The van der Waals surface area contributed by atoms with Crippen LogP contribution in [0.1, 0.15) is 29.3 Å². The number of likely N-dealkylation sites (N-methyl/N-ethyl adjacent to an activating group) is 1. The number of hydrogen-bond donors (Lipinski definition) is 2. The summed E-state index contributed by atoms with van der Waals surface area (Å²) in [7, 11) is 2.08. The van der Waals surface area contributed by atoms with Gasteiger partial charge in [0.25, 0.3) is 0 Å². The van der Waals surface area contributed by atoms with Crippen molar-refractivity contribution in [2.24, 2.45) is 0 Å². The van der Waals surface area contributed by atoms with Crippen molar-refractivity contribution in [1.29, 1.82) is 0 Å². The topological polar surface area (TPSA) is 112 Å². The summed E-state index contributed by atoms with van der Waals surface area (Å²) in [5, 5.41) is 13.6. The quantitative estimate of drug-likeness (QED) is 0.308. The molecule has 1 saturated heterocycles. The number of imidazole rings is 1. The molecule has 1 fully saturated rings. The summed E-state index contributed by atoms with van der Waals surface area (Å²) in [5.41, 5.74) is 2.80. The number of aromatic nitrogens is 5. The monoisotopic (exact) mass is 598 g/mol. The van der Waals surface area contributed by atoms with Crippen LogP contribution in [0.25, 0.3) is 17.2 Å². The molecule has 0 bridgehead atoms. The van der Waals surface area contributed by atoms with Crippen LogP contribution < -0.4 is 10.2 Å². The van der Waals surface area contributed by atoms with Gasteiger partial charge in [0.05, 0.1) is 16.3 Å². The lowest BCUT2D eigenvalue weighted by Crippen LogP contribution is -2.46. The zero-order valence-corrected chi connectivity index (χ0v) is 24.3. The number of nitrogens with zero attached hydrogens (tertiary/aromatic N) is 7. The summed E-state index contributed by atoms with van der Waals surface area (Å²) >= 11 is 6.11. The highest BCUT2D eigenvalue weighted by atomic mass is 35.5. The maximum Gasteiger partial charge on any atom is 0.240 e. The van der Waals surface area contributed by atoms with Gasteiger partial charge in [-0.15, -0.1) is 0 Å². The van der Waals surface area contributed by atoms with Crippen LogP contribution in [0.2, 0.25) is 5.02 Å². The predicted molar refractivity (Wildman–Crippen MR) is 161 cm³/mol. The summed E-state index contributed by atoms with van der Waals surface area (Å²) in [5.74, 6) is 0.701. The standard InChI is InChI=1S/C31H28ClFN8O2/c1-31(19-5-8-21(32)24(42)16-19)25-27(38-30(31)43)36-26(37-29(25)40-13-11-39(2)12-14-40)23-17-41-10-9-34-28(41)22(35-23)15-18-3-6-20(33)7-4-18/h3-10,16-17,42H,11-15H2,1-2H3,(H,36,37,38,43)/t31-/m0/s1. The van der Waals surface area contributed by atoms with E-state index in [-0.39, 0.29) is 22.5 Å². The van der Waals surface area contributed by atoms with Crippen molar-refractivity contribution in [1.82, 2.24) is 29.2 Å². The highest BCUT2D eigenvalue weighted by molar-refractivity contribution is 6.32. The molecule has 3 aromatic heterocycles. The lowest BCUT2D eigenvalue weighted by atomic mass is 9.77. The molecule has 12 heteroatoms. The SMILES string of the molecule is CN1CCN(c2nc(-c3cn4ccnc4c(Cc4ccc(F)cc4)n3)nc3c2[C@](C)(c2ccc(Cl)c(O)c2)C(=O)N3)CC1. The molecular formula is C31H28ClFN8O2. The van der Waals surface area contributed by atoms with Crippen molar-refractivity contribution in [3.05, 3.63) is 94.3 Å². The first-order valence-electron chi connectivity index (χ1n) is 13.9. The van der Waals surface area contributed by atoms with Gasteiger partial charge in [0, 0.05) is 51.2 Å². The van der Waals surface area contributed by atoms with Crippen LogP contribution in [-0.4, -0.2) is 73.5 Å². The number of rotatable bonds is 5. The Morgan fingerprint density at radius 1 is 1.07 bits per heavy atom. The molecule has 0 unspecified atom stereocenters. The number of nitrogens with one attached hydrogen (secondary N) is 1. The lowest BCUT2D eigenvalue weighted by molar-refractivity contribution is -0.119. The molecule has 7 rings (SSSR count). The second-order valence-corrected chi connectivity index (χ2v) is 11.6. The van der Waals surface area contributed by atoms with Crippen LogP contribution in [0.5, 0.6) is 5.75 Å². The Labute approximate surface area is 251 Å². The summed E-state index contributed by atoms with van der Waals surface area (Å²) < 4.78 is 15.4. The molecule has 0 aliphatic carbocycles. The van der Waals surface area contributed by atoms with Crippen LogP contribution in [-0.2, 0) is 16.6 Å². The average Bonchev–Trinajstić information content (AvgIpc) is 3.58. The van der Waals surface area contributed by atoms with E-state index >= 15 is 0 Å². The van der Waals surface area contributed by atoms with Crippen molar-refractivity contribution in [2.45, 2.75) is 18.8 Å². The Bertz CT molecular complexity index is 1890. The number of carbonyl (C=O) groups is 1. The molecule has 2 aromatic carbocycles. The maximum absolute atomic E-state index is 13.7. The zero-order chi connectivity index (χ0) is 29.9. The van der Waals surface area contributed by atoms with Crippen molar-refractivity contribution in [3.63, 3.8) is 0 Å². The van der Waals surface area contributed by atoms with E-state index in [9.17, 15) is 14.3 Å². The lowest BCUT2D eigenvalue weighted by Gasteiger charge is -2.36. The molecule has 2 aliphatic rings. The van der Waals surface area contributed by atoms with E-state index < -0.39 is 5.41 Å². The van der Waals surface area contributed by atoms with Crippen molar-refractivity contribution >= 4 is 34.8 Å². The van der Waals surface area contributed by atoms with Gasteiger partial charge in [-0.3, -0.25) is 4.79 Å². The molecule has 0 spiro atoms. The molecule has 5 heterocycles. The van der Waals surface area contributed by atoms with Gasteiger partial charge in [-0.25, -0.2) is 24.3 Å². The number of phenols is 1. The molecule has 0 radical (unpaired) electrons. The summed E-state index contributed by atoms with van der Waals surface area (Å²) in [6.45, 7) is 4.89. The van der Waals surface area contributed by atoms with Gasteiger partial charge in [-0.05, 0) is 49.4 Å². The second kappa shape index (κ2) is 10.3. The van der Waals surface area contributed by atoms with E-state index in [1.54, 1.807) is 30.5 Å². The largest absolute Gasteiger partial charge is 0.506 e. The van der Waals surface area contributed by atoms with E-state index in [1.165, 1.54) is 18.2 Å². The third-order valence-electron chi connectivity index (χ3n) is 8.36. The number of anilines is 2. The Balaban J connectivity index is 1.39. The van der Waals surface area contributed by atoms with E-state index in [0.29, 0.717) is 65.1 Å². The third kappa shape index (κ3) is 4.65. The summed E-state index contributed by atoms with van der Waals surface area (Å²) in [4.78, 5) is 37.5. The number of carbonyl (C=O) groups excluding carboxylic acids is 1. The Hall–Kier alpha value is -4.61. The fourth-order valence-corrected chi connectivity index (χ4v) is 5.94. The van der Waals surface area contributed by atoms with Crippen molar-refractivity contribution in [2.75, 3.05) is 43.4 Å². The van der Waals surface area contributed by atoms with Crippen LogP contribution >= 0.6 is 11.6 Å². The predicted octanol–water partition coefficient (Wildman–Crippen LogP) is 4.29. The van der Waals surface area contributed by atoms with Crippen LogP contribution in [0.4, 0.5) is 16.0 Å². The van der Waals surface area contributed by atoms with E-state index in [2.05, 4.69) is 27.1 Å². The smallest absolute Gasteiger partial charge is 0.240 e. The van der Waals surface area contributed by atoms with Gasteiger partial charge in [0.2, 0.25) is 5.91 Å². The molecule has 2 aliphatic heterocycles. The third-order valence-corrected chi connectivity index (χ3v) is 8.68. The number of amides is 1. The minimum atomic E-state index is -1.18. The van der Waals surface area contributed by atoms with Gasteiger partial charge in [-0.2, -0.15) is 0 Å². The van der Waals surface area contributed by atoms with Gasteiger partial charge in [0.15, 0.2) is 11.5 Å². The fraction of sp³-hybridized carbons (Fsp3) is 0.258. The summed E-state index contributed by atoms with van der Waals surface area (Å²) in [6, 6.07) is 11.2. The zero-order valence-electron chi connectivity index (χ0n) is 23.6. The highest BCUT2D eigenvalue weighted by Gasteiger charge is 2.49. The van der Waals surface area contributed by atoms with Crippen LogP contribution in [0.15, 0.2) is 61.1 Å². The molecule has 0 saturated carbocycles. The Morgan fingerprint density at radius 2 is 1.84 bits per heavy atom. The first kappa shape index (κ1) is 27.2. The number of halogens is 2.